The summed E-state index contributed by atoms with van der Waals surface area (Å²) >= 11 is 6.19. The minimum Gasteiger partial charge on any atom is -0.369 e. The first-order valence-corrected chi connectivity index (χ1v) is 10.2. The number of pyridine rings is 1. The third-order valence-corrected chi connectivity index (χ3v) is 5.81. The van der Waals surface area contributed by atoms with Gasteiger partial charge in [0, 0.05) is 35.1 Å². The van der Waals surface area contributed by atoms with Crippen molar-refractivity contribution >= 4 is 51.6 Å². The Kier molecular flexibility index (Phi) is 5.95. The van der Waals surface area contributed by atoms with Crippen LogP contribution in [-0.4, -0.2) is 29.2 Å². The molecule has 2 aromatic heterocycles. The fraction of sp³-hybridized carbons (Fsp3) is 0.261. The molecule has 3 heterocycles. The van der Waals surface area contributed by atoms with Gasteiger partial charge in [-0.3, -0.25) is 0 Å². The first kappa shape index (κ1) is 20.0. The van der Waals surface area contributed by atoms with E-state index >= 15 is 0 Å². The molecular weight excluding hydrogens is 403 g/mol. The number of fused-ring (bicyclic) bond motifs is 3. The molecule has 6 heteroatoms. The van der Waals surface area contributed by atoms with Crippen molar-refractivity contribution in [1.29, 1.82) is 0 Å². The molecule has 1 atom stereocenters. The summed E-state index contributed by atoms with van der Waals surface area (Å²) in [6.45, 7) is 3.93. The van der Waals surface area contributed by atoms with Crippen LogP contribution in [0.2, 0.25) is 5.02 Å². The maximum absolute atomic E-state index is 6.19. The summed E-state index contributed by atoms with van der Waals surface area (Å²) < 4.78 is 2.30. The predicted octanol–water partition coefficient (Wildman–Crippen LogP) is 5.33. The van der Waals surface area contributed by atoms with E-state index in [-0.39, 0.29) is 12.4 Å². The van der Waals surface area contributed by atoms with Gasteiger partial charge in [-0.15, -0.1) is 12.4 Å². The number of halogens is 2. The van der Waals surface area contributed by atoms with Gasteiger partial charge in [0.05, 0.1) is 11.0 Å². The number of rotatable bonds is 5. The summed E-state index contributed by atoms with van der Waals surface area (Å²) in [6.07, 6.45) is 3.38. The number of hydrogen-bond donors (Lipinski definition) is 2. The lowest BCUT2D eigenvalue weighted by molar-refractivity contribution is 0.615. The number of hydrogen-bond acceptors (Lipinski definition) is 3. The predicted molar refractivity (Wildman–Crippen MR) is 125 cm³/mol. The van der Waals surface area contributed by atoms with Crippen LogP contribution in [0.25, 0.3) is 21.8 Å². The van der Waals surface area contributed by atoms with Gasteiger partial charge in [0.2, 0.25) is 0 Å². The first-order chi connectivity index (χ1) is 13.8. The standard InChI is InChI=1S/C23H23ClN4.ClH/c24-18-5-3-4-16(12-18)15-28-11-9-20-22(28)19-6-1-2-7-21(19)27-23(20)26-14-17-8-10-25-13-17;/h1-7,9,11-12,17,25H,8,10,13-15H2,(H,26,27);1H/t17-;/m1./s1. The van der Waals surface area contributed by atoms with E-state index in [4.69, 9.17) is 16.6 Å². The molecule has 0 spiro atoms. The third-order valence-electron chi connectivity index (χ3n) is 5.57. The second-order valence-corrected chi connectivity index (χ2v) is 7.99. The van der Waals surface area contributed by atoms with Gasteiger partial charge in [0.1, 0.15) is 5.82 Å². The highest BCUT2D eigenvalue weighted by Crippen LogP contribution is 2.31. The van der Waals surface area contributed by atoms with Crippen LogP contribution in [0.15, 0.2) is 60.8 Å². The van der Waals surface area contributed by atoms with E-state index in [1.807, 2.05) is 18.2 Å². The topological polar surface area (TPSA) is 41.9 Å². The lowest BCUT2D eigenvalue weighted by Crippen LogP contribution is -2.17. The largest absolute Gasteiger partial charge is 0.369 e. The molecule has 2 N–H and O–H groups in total. The Morgan fingerprint density at radius 2 is 2.00 bits per heavy atom. The zero-order chi connectivity index (χ0) is 18.9. The van der Waals surface area contributed by atoms with Crippen LogP contribution in [0.3, 0.4) is 0 Å². The highest BCUT2D eigenvalue weighted by Gasteiger charge is 2.17. The van der Waals surface area contributed by atoms with Gasteiger partial charge in [-0.05, 0) is 55.3 Å². The van der Waals surface area contributed by atoms with Crippen LogP contribution in [0.1, 0.15) is 12.0 Å². The van der Waals surface area contributed by atoms with Crippen molar-refractivity contribution in [2.75, 3.05) is 25.0 Å². The Hall–Kier alpha value is -2.27. The van der Waals surface area contributed by atoms with Gasteiger partial charge in [0.25, 0.3) is 0 Å². The third kappa shape index (κ3) is 4.06. The molecule has 1 fully saturated rings. The Bertz CT molecular complexity index is 1130. The Balaban J connectivity index is 0.00000205. The molecule has 5 rings (SSSR count). The summed E-state index contributed by atoms with van der Waals surface area (Å²) in [5, 5.41) is 10.2. The second kappa shape index (κ2) is 8.62. The average Bonchev–Trinajstić information content (AvgIpc) is 3.37. The molecule has 2 aromatic carbocycles. The summed E-state index contributed by atoms with van der Waals surface area (Å²) in [5.41, 5.74) is 3.43. The van der Waals surface area contributed by atoms with Crippen LogP contribution >= 0.6 is 24.0 Å². The average molecular weight is 427 g/mol. The molecule has 29 heavy (non-hydrogen) atoms. The Labute approximate surface area is 181 Å². The van der Waals surface area contributed by atoms with Crippen molar-refractivity contribution in [2.45, 2.75) is 13.0 Å². The molecule has 1 aliphatic heterocycles. The molecule has 150 valence electrons. The van der Waals surface area contributed by atoms with Gasteiger partial charge in [0.15, 0.2) is 0 Å². The molecular formula is C23H24Cl2N4. The molecule has 1 aliphatic rings. The number of nitrogens with one attached hydrogen (secondary N) is 2. The maximum Gasteiger partial charge on any atom is 0.136 e. The monoisotopic (exact) mass is 426 g/mol. The van der Waals surface area contributed by atoms with Crippen molar-refractivity contribution in [1.82, 2.24) is 14.9 Å². The molecule has 0 bridgehead atoms. The van der Waals surface area contributed by atoms with E-state index in [1.165, 1.54) is 28.3 Å². The van der Waals surface area contributed by atoms with Crippen LogP contribution in [0.5, 0.6) is 0 Å². The Morgan fingerprint density at radius 3 is 2.83 bits per heavy atom. The van der Waals surface area contributed by atoms with Crippen LogP contribution in [-0.2, 0) is 6.54 Å². The summed E-state index contributed by atoms with van der Waals surface area (Å²) in [7, 11) is 0. The number of benzene rings is 2. The van der Waals surface area contributed by atoms with Crippen molar-refractivity contribution in [3.05, 3.63) is 71.4 Å². The van der Waals surface area contributed by atoms with E-state index in [1.54, 1.807) is 0 Å². The minimum atomic E-state index is 0. The minimum absolute atomic E-state index is 0. The fourth-order valence-corrected chi connectivity index (χ4v) is 4.36. The van der Waals surface area contributed by atoms with Gasteiger partial charge < -0.3 is 15.2 Å². The van der Waals surface area contributed by atoms with Gasteiger partial charge in [-0.2, -0.15) is 0 Å². The number of nitrogens with zero attached hydrogens (tertiary/aromatic N) is 2. The molecule has 0 unspecified atom stereocenters. The second-order valence-electron chi connectivity index (χ2n) is 7.55. The molecule has 0 aliphatic carbocycles. The zero-order valence-corrected chi connectivity index (χ0v) is 17.6. The van der Waals surface area contributed by atoms with E-state index in [9.17, 15) is 0 Å². The van der Waals surface area contributed by atoms with Crippen molar-refractivity contribution in [3.63, 3.8) is 0 Å². The number of anilines is 1. The van der Waals surface area contributed by atoms with E-state index < -0.39 is 0 Å². The van der Waals surface area contributed by atoms with Crippen LogP contribution in [0.4, 0.5) is 5.82 Å². The van der Waals surface area contributed by atoms with E-state index in [0.29, 0.717) is 5.92 Å². The summed E-state index contributed by atoms with van der Waals surface area (Å²) in [4.78, 5) is 4.93. The van der Waals surface area contributed by atoms with Crippen LogP contribution in [0, 0.1) is 5.92 Å². The normalized spacial score (nSPS) is 16.2. The number of aromatic nitrogens is 2. The molecule has 0 radical (unpaired) electrons. The van der Waals surface area contributed by atoms with E-state index in [0.717, 1.165) is 42.5 Å². The van der Waals surface area contributed by atoms with Crippen molar-refractivity contribution < 1.29 is 0 Å². The lowest BCUT2D eigenvalue weighted by Gasteiger charge is -2.14. The molecule has 4 nitrogen and oxygen atoms in total. The van der Waals surface area contributed by atoms with Gasteiger partial charge >= 0.3 is 0 Å². The zero-order valence-electron chi connectivity index (χ0n) is 16.1. The molecule has 4 aromatic rings. The Morgan fingerprint density at radius 1 is 1.10 bits per heavy atom. The number of para-hydroxylation sites is 1. The maximum atomic E-state index is 6.19. The quantitative estimate of drug-likeness (QED) is 0.452. The van der Waals surface area contributed by atoms with Crippen LogP contribution < -0.4 is 10.6 Å². The molecule has 1 saturated heterocycles. The van der Waals surface area contributed by atoms with Crippen molar-refractivity contribution in [2.24, 2.45) is 5.92 Å². The lowest BCUT2D eigenvalue weighted by atomic mass is 10.1. The van der Waals surface area contributed by atoms with Gasteiger partial charge in [-0.1, -0.05) is 41.9 Å². The highest BCUT2D eigenvalue weighted by molar-refractivity contribution is 6.30. The summed E-state index contributed by atoms with van der Waals surface area (Å²) in [6, 6.07) is 18.6. The smallest absolute Gasteiger partial charge is 0.136 e. The van der Waals surface area contributed by atoms with E-state index in [2.05, 4.69) is 57.8 Å². The highest BCUT2D eigenvalue weighted by atomic mass is 35.5. The molecule has 0 saturated carbocycles. The molecule has 0 amide bonds. The van der Waals surface area contributed by atoms with Crippen molar-refractivity contribution in [3.8, 4) is 0 Å². The van der Waals surface area contributed by atoms with Gasteiger partial charge in [-0.25, -0.2) is 4.98 Å². The summed E-state index contributed by atoms with van der Waals surface area (Å²) in [5.74, 6) is 1.64. The SMILES string of the molecule is Cl.Clc1cccc(Cn2ccc3c(NC[C@@H]4CCNC4)nc4ccccc4c32)c1. The first-order valence-electron chi connectivity index (χ1n) is 9.84. The fourth-order valence-electron chi connectivity index (χ4n) is 4.14.